The zero-order valence-electron chi connectivity index (χ0n) is 9.04. The summed E-state index contributed by atoms with van der Waals surface area (Å²) in [5.74, 6) is -0.0296. The summed E-state index contributed by atoms with van der Waals surface area (Å²) in [5.41, 5.74) is 2.10. The molecule has 80 valence electrons. The molecule has 0 spiro atoms. The molecular weight excluding hydrogens is 180 g/mol. The number of fused-ring (bicyclic) bond motifs is 1. The van der Waals surface area contributed by atoms with Crippen LogP contribution in [0.25, 0.3) is 0 Å². The first-order chi connectivity index (χ1) is 6.59. The molecule has 14 heavy (non-hydrogen) atoms. The van der Waals surface area contributed by atoms with Crippen LogP contribution in [0.4, 0.5) is 0 Å². The van der Waals surface area contributed by atoms with Crippen LogP contribution in [0, 0.1) is 5.92 Å². The summed E-state index contributed by atoms with van der Waals surface area (Å²) >= 11 is 0. The molecule has 1 heterocycles. The van der Waals surface area contributed by atoms with Gasteiger partial charge in [0, 0.05) is 13.5 Å². The SMILES string of the molecule is COC12CC(C)CCC1=C(C)C(O)O2. The topological polar surface area (TPSA) is 38.7 Å². The number of hydrogen-bond acceptors (Lipinski definition) is 3. The minimum atomic E-state index is -0.768. The lowest BCUT2D eigenvalue weighted by Crippen LogP contribution is -2.39. The molecule has 2 rings (SSSR count). The number of ether oxygens (including phenoxy) is 2. The molecule has 1 fully saturated rings. The smallest absolute Gasteiger partial charge is 0.194 e. The molecule has 0 amide bonds. The van der Waals surface area contributed by atoms with Crippen LogP contribution < -0.4 is 0 Å². The van der Waals surface area contributed by atoms with Gasteiger partial charge in [-0.2, -0.15) is 0 Å². The molecule has 1 N–H and O–H groups in total. The van der Waals surface area contributed by atoms with Gasteiger partial charge in [-0.25, -0.2) is 0 Å². The molecule has 3 nitrogen and oxygen atoms in total. The van der Waals surface area contributed by atoms with Crippen molar-refractivity contribution in [3.8, 4) is 0 Å². The Balaban J connectivity index is 2.33. The Bertz CT molecular complexity index is 272. The average molecular weight is 198 g/mol. The molecule has 2 aliphatic rings. The van der Waals surface area contributed by atoms with Gasteiger partial charge in [-0.05, 0) is 36.8 Å². The van der Waals surface area contributed by atoms with Gasteiger partial charge in [0.1, 0.15) is 0 Å². The zero-order valence-corrected chi connectivity index (χ0v) is 9.04. The molecule has 0 saturated heterocycles. The summed E-state index contributed by atoms with van der Waals surface area (Å²) in [4.78, 5) is 0. The van der Waals surface area contributed by atoms with E-state index in [9.17, 15) is 5.11 Å². The maximum atomic E-state index is 9.65. The van der Waals surface area contributed by atoms with E-state index in [0.29, 0.717) is 5.92 Å². The van der Waals surface area contributed by atoms with E-state index in [2.05, 4.69) is 6.92 Å². The minimum absolute atomic E-state index is 0.594. The van der Waals surface area contributed by atoms with E-state index >= 15 is 0 Å². The summed E-state index contributed by atoms with van der Waals surface area (Å²) in [5, 5.41) is 9.65. The Kier molecular flexibility index (Phi) is 2.41. The van der Waals surface area contributed by atoms with Gasteiger partial charge < -0.3 is 14.6 Å². The quantitative estimate of drug-likeness (QED) is 0.653. The molecule has 3 unspecified atom stereocenters. The van der Waals surface area contributed by atoms with Crippen molar-refractivity contribution in [1.82, 2.24) is 0 Å². The average Bonchev–Trinajstić information content (AvgIpc) is 2.40. The second-order valence-corrected chi connectivity index (χ2v) is 4.44. The monoisotopic (exact) mass is 198 g/mol. The first kappa shape index (κ1) is 10.1. The molecule has 0 aromatic heterocycles. The van der Waals surface area contributed by atoms with Crippen LogP contribution in [0.1, 0.15) is 33.1 Å². The highest BCUT2D eigenvalue weighted by Crippen LogP contribution is 2.46. The first-order valence-corrected chi connectivity index (χ1v) is 5.20. The lowest BCUT2D eigenvalue weighted by molar-refractivity contribution is -0.253. The van der Waals surface area contributed by atoms with Gasteiger partial charge in [-0.15, -0.1) is 0 Å². The second kappa shape index (κ2) is 3.33. The van der Waals surface area contributed by atoms with Crippen molar-refractivity contribution >= 4 is 0 Å². The van der Waals surface area contributed by atoms with Crippen LogP contribution in [0.15, 0.2) is 11.1 Å². The standard InChI is InChI=1S/C11H18O3/c1-7-4-5-9-8(2)10(12)14-11(9,6-7)13-3/h7,10,12H,4-6H2,1-3H3. The van der Waals surface area contributed by atoms with Gasteiger partial charge in [-0.1, -0.05) is 6.92 Å². The van der Waals surface area contributed by atoms with E-state index in [-0.39, 0.29) is 0 Å². The molecule has 0 aromatic rings. The van der Waals surface area contributed by atoms with Gasteiger partial charge in [0.15, 0.2) is 12.1 Å². The van der Waals surface area contributed by atoms with E-state index in [1.807, 2.05) is 6.92 Å². The third kappa shape index (κ3) is 1.31. The van der Waals surface area contributed by atoms with E-state index < -0.39 is 12.1 Å². The fourth-order valence-electron chi connectivity index (χ4n) is 2.55. The predicted octanol–water partition coefficient (Wildman–Crippen LogP) is 1.81. The summed E-state index contributed by atoms with van der Waals surface area (Å²) < 4.78 is 11.0. The maximum Gasteiger partial charge on any atom is 0.194 e. The number of methoxy groups -OCH3 is 1. The van der Waals surface area contributed by atoms with Crippen LogP contribution in [0.5, 0.6) is 0 Å². The highest BCUT2D eigenvalue weighted by Gasteiger charge is 2.48. The summed E-state index contributed by atoms with van der Waals surface area (Å²) in [6.45, 7) is 4.12. The van der Waals surface area contributed by atoms with Crippen molar-refractivity contribution in [3.05, 3.63) is 11.1 Å². The highest BCUT2D eigenvalue weighted by molar-refractivity contribution is 5.28. The molecule has 0 bridgehead atoms. The van der Waals surface area contributed by atoms with Crippen LogP contribution in [0.3, 0.4) is 0 Å². The molecule has 1 saturated carbocycles. The molecular formula is C11H18O3. The molecule has 1 aliphatic heterocycles. The Hall–Kier alpha value is -0.380. The summed E-state index contributed by atoms with van der Waals surface area (Å²) in [6, 6.07) is 0. The van der Waals surface area contributed by atoms with Crippen molar-refractivity contribution in [2.45, 2.75) is 45.2 Å². The van der Waals surface area contributed by atoms with Crippen molar-refractivity contribution < 1.29 is 14.6 Å². The van der Waals surface area contributed by atoms with Crippen LogP contribution in [-0.4, -0.2) is 24.3 Å². The van der Waals surface area contributed by atoms with Crippen molar-refractivity contribution in [2.75, 3.05) is 7.11 Å². The summed E-state index contributed by atoms with van der Waals surface area (Å²) in [6.07, 6.45) is 2.23. The normalized spacial score (nSPS) is 42.9. The lowest BCUT2D eigenvalue weighted by Gasteiger charge is -2.37. The fourth-order valence-corrected chi connectivity index (χ4v) is 2.55. The van der Waals surface area contributed by atoms with Gasteiger partial charge >= 0.3 is 0 Å². The third-order valence-corrected chi connectivity index (χ3v) is 3.44. The Morgan fingerprint density at radius 2 is 2.29 bits per heavy atom. The molecule has 0 radical (unpaired) electrons. The van der Waals surface area contributed by atoms with E-state index in [1.54, 1.807) is 7.11 Å². The van der Waals surface area contributed by atoms with Crippen LogP contribution >= 0.6 is 0 Å². The lowest BCUT2D eigenvalue weighted by atomic mass is 9.81. The number of rotatable bonds is 1. The van der Waals surface area contributed by atoms with Gasteiger partial charge in [0.05, 0.1) is 0 Å². The van der Waals surface area contributed by atoms with Crippen molar-refractivity contribution in [1.29, 1.82) is 0 Å². The number of hydrogen-bond donors (Lipinski definition) is 1. The van der Waals surface area contributed by atoms with Crippen molar-refractivity contribution in [2.24, 2.45) is 5.92 Å². The van der Waals surface area contributed by atoms with Crippen LogP contribution in [-0.2, 0) is 9.47 Å². The second-order valence-electron chi connectivity index (χ2n) is 4.44. The fraction of sp³-hybridized carbons (Fsp3) is 0.818. The highest BCUT2D eigenvalue weighted by atomic mass is 16.7. The zero-order chi connectivity index (χ0) is 10.3. The van der Waals surface area contributed by atoms with Gasteiger partial charge in [0.25, 0.3) is 0 Å². The largest absolute Gasteiger partial charge is 0.364 e. The summed E-state index contributed by atoms with van der Waals surface area (Å²) in [7, 11) is 1.66. The Morgan fingerprint density at radius 3 is 2.93 bits per heavy atom. The van der Waals surface area contributed by atoms with Gasteiger partial charge in [-0.3, -0.25) is 0 Å². The van der Waals surface area contributed by atoms with E-state index in [1.165, 1.54) is 0 Å². The number of aliphatic hydroxyl groups excluding tert-OH is 1. The van der Waals surface area contributed by atoms with E-state index in [4.69, 9.17) is 9.47 Å². The molecule has 3 heteroatoms. The van der Waals surface area contributed by atoms with Crippen molar-refractivity contribution in [3.63, 3.8) is 0 Å². The Morgan fingerprint density at radius 1 is 1.57 bits per heavy atom. The van der Waals surface area contributed by atoms with E-state index in [0.717, 1.165) is 30.4 Å². The minimum Gasteiger partial charge on any atom is -0.364 e. The first-order valence-electron chi connectivity index (χ1n) is 5.20. The maximum absolute atomic E-state index is 9.65. The molecule has 1 aliphatic carbocycles. The third-order valence-electron chi connectivity index (χ3n) is 3.44. The van der Waals surface area contributed by atoms with Gasteiger partial charge in [0.2, 0.25) is 0 Å². The van der Waals surface area contributed by atoms with Crippen LogP contribution in [0.2, 0.25) is 0 Å². The molecule has 3 atom stereocenters. The predicted molar refractivity (Wildman–Crippen MR) is 52.5 cm³/mol. The molecule has 0 aromatic carbocycles. The number of aliphatic hydroxyl groups is 1. The Labute approximate surface area is 84.7 Å².